The molecule has 4 aliphatic heterocycles. The topological polar surface area (TPSA) is 145 Å². The number of benzene rings is 1. The molecule has 0 saturated carbocycles. The molecule has 3 fully saturated rings. The van der Waals surface area contributed by atoms with Crippen LogP contribution in [0.25, 0.3) is 0 Å². The van der Waals surface area contributed by atoms with E-state index in [0.29, 0.717) is 0 Å². The van der Waals surface area contributed by atoms with Crippen molar-refractivity contribution in [3.8, 4) is 0 Å². The molecular weight excluding hydrogens is 537 g/mol. The molecule has 9 atom stereocenters. The Kier molecular flexibility index (Phi) is 7.67. The van der Waals surface area contributed by atoms with E-state index in [1.54, 1.807) is 26.0 Å². The van der Waals surface area contributed by atoms with Crippen LogP contribution in [0.15, 0.2) is 24.3 Å². The Balaban J connectivity index is 1.46. The van der Waals surface area contributed by atoms with Gasteiger partial charge in [0.1, 0.15) is 24.4 Å². The van der Waals surface area contributed by atoms with E-state index < -0.39 is 85.0 Å². The molecule has 0 spiro atoms. The number of halogens is 1. The maximum atomic E-state index is 15.4. The molecular formula is C26H30FNO12. The van der Waals surface area contributed by atoms with Crippen LogP contribution in [0, 0.1) is 0 Å². The van der Waals surface area contributed by atoms with Crippen molar-refractivity contribution in [1.29, 1.82) is 0 Å². The van der Waals surface area contributed by atoms with Crippen LogP contribution in [0.5, 0.6) is 0 Å². The summed E-state index contributed by atoms with van der Waals surface area (Å²) in [7, 11) is 1.44. The number of alkyl halides is 1. The number of carbonyl (C=O) groups excluding carboxylic acids is 4. The van der Waals surface area contributed by atoms with E-state index in [4.69, 9.17) is 37.9 Å². The number of ether oxygens (including phenoxy) is 8. The number of nitrogens with zero attached hydrogens (tertiary/aromatic N) is 1. The number of carbonyl (C=O) groups is 4. The minimum atomic E-state index is -2.33. The molecule has 5 rings (SSSR count). The highest BCUT2D eigenvalue weighted by Gasteiger charge is 2.59. The summed E-state index contributed by atoms with van der Waals surface area (Å²) in [5, 5.41) is 0. The molecule has 2 amide bonds. The Morgan fingerprint density at radius 2 is 1.50 bits per heavy atom. The molecule has 40 heavy (non-hydrogen) atoms. The molecule has 1 aromatic rings. The fourth-order valence-electron chi connectivity index (χ4n) is 5.47. The van der Waals surface area contributed by atoms with Crippen molar-refractivity contribution in [2.45, 2.75) is 89.0 Å². The molecule has 0 aliphatic carbocycles. The van der Waals surface area contributed by atoms with Gasteiger partial charge in [0.15, 0.2) is 30.6 Å². The average Bonchev–Trinajstić information content (AvgIpc) is 3.46. The van der Waals surface area contributed by atoms with Gasteiger partial charge in [-0.25, -0.2) is 4.39 Å². The summed E-state index contributed by atoms with van der Waals surface area (Å²) in [5.41, 5.74) is 0.172. The van der Waals surface area contributed by atoms with Gasteiger partial charge in [-0.3, -0.25) is 24.1 Å². The summed E-state index contributed by atoms with van der Waals surface area (Å²) < 4.78 is 60.2. The number of imide groups is 1. The Morgan fingerprint density at radius 1 is 0.925 bits per heavy atom. The van der Waals surface area contributed by atoms with Crippen LogP contribution in [-0.2, 0) is 47.5 Å². The predicted octanol–water partition coefficient (Wildman–Crippen LogP) is 1.07. The summed E-state index contributed by atoms with van der Waals surface area (Å²) >= 11 is 0. The number of methoxy groups -OCH3 is 1. The molecule has 13 nitrogen and oxygen atoms in total. The second kappa shape index (κ2) is 10.8. The average molecular weight is 568 g/mol. The number of rotatable bonds is 7. The summed E-state index contributed by atoms with van der Waals surface area (Å²) in [5.74, 6) is -4.19. The molecule has 3 saturated heterocycles. The smallest absolute Gasteiger partial charge is 0.303 e. The molecule has 0 aromatic heterocycles. The fraction of sp³-hybridized carbons (Fsp3) is 0.615. The van der Waals surface area contributed by atoms with Gasteiger partial charge >= 0.3 is 11.9 Å². The molecule has 14 heteroatoms. The lowest BCUT2D eigenvalue weighted by Crippen LogP contribution is -2.66. The predicted molar refractivity (Wildman–Crippen MR) is 127 cm³/mol. The highest BCUT2D eigenvalue weighted by atomic mass is 19.1. The van der Waals surface area contributed by atoms with Crippen molar-refractivity contribution in [2.24, 2.45) is 0 Å². The maximum absolute atomic E-state index is 15.4. The first-order chi connectivity index (χ1) is 18.9. The minimum absolute atomic E-state index is 0.0860. The van der Waals surface area contributed by atoms with Crippen molar-refractivity contribution < 1.29 is 61.5 Å². The lowest BCUT2D eigenvalue weighted by atomic mass is 9.99. The van der Waals surface area contributed by atoms with Crippen LogP contribution in [0.1, 0.15) is 48.4 Å². The number of hydrogen-bond donors (Lipinski definition) is 0. The highest BCUT2D eigenvalue weighted by Crippen LogP contribution is 2.40. The van der Waals surface area contributed by atoms with Crippen LogP contribution < -0.4 is 0 Å². The van der Waals surface area contributed by atoms with E-state index in [1.807, 2.05) is 0 Å². The molecule has 1 unspecified atom stereocenters. The van der Waals surface area contributed by atoms with Crippen LogP contribution in [0.4, 0.5) is 4.39 Å². The van der Waals surface area contributed by atoms with Crippen molar-refractivity contribution >= 4 is 23.8 Å². The number of esters is 2. The Labute approximate surface area is 228 Å². The van der Waals surface area contributed by atoms with E-state index >= 15 is 4.39 Å². The van der Waals surface area contributed by atoms with E-state index in [0.717, 1.165) is 18.7 Å². The summed E-state index contributed by atoms with van der Waals surface area (Å²) in [6.45, 7) is 5.26. The van der Waals surface area contributed by atoms with Gasteiger partial charge in [-0.1, -0.05) is 12.1 Å². The van der Waals surface area contributed by atoms with Gasteiger partial charge in [0.05, 0.1) is 17.7 Å². The van der Waals surface area contributed by atoms with Crippen molar-refractivity contribution in [3.63, 3.8) is 0 Å². The van der Waals surface area contributed by atoms with Gasteiger partial charge in [0.2, 0.25) is 6.36 Å². The first-order valence-corrected chi connectivity index (χ1v) is 12.7. The van der Waals surface area contributed by atoms with Crippen molar-refractivity contribution in [2.75, 3.05) is 13.7 Å². The van der Waals surface area contributed by atoms with Crippen LogP contribution in [0.3, 0.4) is 0 Å². The van der Waals surface area contributed by atoms with Crippen molar-refractivity contribution in [1.82, 2.24) is 4.90 Å². The lowest BCUT2D eigenvalue weighted by Gasteiger charge is -2.45. The molecule has 4 aliphatic rings. The zero-order valence-corrected chi connectivity index (χ0v) is 22.4. The third-order valence-electron chi connectivity index (χ3n) is 6.95. The van der Waals surface area contributed by atoms with Gasteiger partial charge in [0.25, 0.3) is 11.8 Å². The van der Waals surface area contributed by atoms with Gasteiger partial charge < -0.3 is 37.9 Å². The first-order valence-electron chi connectivity index (χ1n) is 12.7. The third-order valence-corrected chi connectivity index (χ3v) is 6.95. The number of amides is 2. The Morgan fingerprint density at radius 3 is 2.08 bits per heavy atom. The van der Waals surface area contributed by atoms with Gasteiger partial charge in [0, 0.05) is 21.0 Å². The van der Waals surface area contributed by atoms with E-state index in [2.05, 4.69) is 0 Å². The van der Waals surface area contributed by atoms with Gasteiger partial charge in [-0.05, 0) is 26.0 Å². The molecule has 1 aromatic carbocycles. The minimum Gasteiger partial charge on any atom is -0.456 e. The van der Waals surface area contributed by atoms with E-state index in [1.165, 1.54) is 19.2 Å². The molecule has 0 radical (unpaired) electrons. The normalized spacial score (nSPS) is 36.4. The van der Waals surface area contributed by atoms with Crippen molar-refractivity contribution in [3.05, 3.63) is 35.4 Å². The second-order valence-corrected chi connectivity index (χ2v) is 10.2. The standard InChI is InChI=1S/C26H30FNO12/c1-11(29)35-18-16(28-22(31)13-8-6-7-9-14(13)23(28)32)24(38-21(27)19(18)36-12(2)30)34-10-15-17-20(25(33-5)37-15)40-26(3,4)39-17/h6-9,15-21,24-25H,10H2,1-5H3/t15-,16-,17-,18-,19+,20-,21?,24-,25-/m1/s1. The summed E-state index contributed by atoms with van der Waals surface area (Å²) in [6, 6.07) is 4.52. The SMILES string of the molecule is CO[C@@H]1O[C@H](CO[C@@H]2OC(F)[C@@H](OC(C)=O)[C@H](OC(C)=O)[C@H]2N2C(=O)c3ccccc3C2=O)[C@H]2OC(C)(C)O[C@@H]12. The number of fused-ring (bicyclic) bond motifs is 2. The summed E-state index contributed by atoms with van der Waals surface area (Å²) in [6.07, 6.45) is -10.2. The quantitative estimate of drug-likeness (QED) is 0.343. The molecule has 0 N–H and O–H groups in total. The monoisotopic (exact) mass is 567 g/mol. The van der Waals surface area contributed by atoms with Crippen LogP contribution in [0.2, 0.25) is 0 Å². The van der Waals surface area contributed by atoms with Gasteiger partial charge in [-0.2, -0.15) is 0 Å². The van der Waals surface area contributed by atoms with E-state index in [9.17, 15) is 19.2 Å². The molecule has 218 valence electrons. The summed E-state index contributed by atoms with van der Waals surface area (Å²) in [4.78, 5) is 51.5. The Bertz CT molecular complexity index is 1160. The third kappa shape index (κ3) is 5.10. The maximum Gasteiger partial charge on any atom is 0.303 e. The second-order valence-electron chi connectivity index (χ2n) is 10.2. The number of hydrogen-bond acceptors (Lipinski definition) is 12. The largest absolute Gasteiger partial charge is 0.456 e. The first kappa shape index (κ1) is 28.5. The highest BCUT2D eigenvalue weighted by molar-refractivity contribution is 6.21. The van der Waals surface area contributed by atoms with Crippen LogP contribution >= 0.6 is 0 Å². The van der Waals surface area contributed by atoms with Crippen LogP contribution in [-0.4, -0.2) is 104 Å². The molecule has 4 heterocycles. The van der Waals surface area contributed by atoms with E-state index in [-0.39, 0.29) is 17.7 Å². The molecule has 0 bridgehead atoms. The fourth-order valence-corrected chi connectivity index (χ4v) is 5.47. The lowest BCUT2D eigenvalue weighted by molar-refractivity contribution is -0.314. The zero-order valence-electron chi connectivity index (χ0n) is 22.4. The Hall–Kier alpha value is -3.01. The van der Waals surface area contributed by atoms with Gasteiger partial charge in [-0.15, -0.1) is 0 Å². The zero-order chi connectivity index (χ0) is 28.9.